The number of carboxylic acids is 1. The topological polar surface area (TPSA) is 84.2 Å². The second kappa shape index (κ2) is 5.66. The van der Waals surface area contributed by atoms with Gasteiger partial charge in [0.1, 0.15) is 0 Å². The first-order valence-electron chi connectivity index (χ1n) is 5.95. The number of carbonyl (C=O) groups is 2. The molecule has 0 aliphatic carbocycles. The Morgan fingerprint density at radius 1 is 1.44 bits per heavy atom. The highest BCUT2D eigenvalue weighted by Gasteiger charge is 2.35. The average Bonchev–Trinajstić information content (AvgIpc) is 2.77. The Hall–Kier alpha value is -1.85. The van der Waals surface area contributed by atoms with Crippen LogP contribution in [0.15, 0.2) is 12.4 Å². The fourth-order valence-electron chi connectivity index (χ4n) is 1.77. The summed E-state index contributed by atoms with van der Waals surface area (Å²) < 4.78 is 1.53. The van der Waals surface area contributed by atoms with Gasteiger partial charge in [-0.1, -0.05) is 13.8 Å². The Bertz CT molecular complexity index is 436. The first-order valence-corrected chi connectivity index (χ1v) is 5.95. The van der Waals surface area contributed by atoms with Crippen LogP contribution in [0.25, 0.3) is 0 Å². The van der Waals surface area contributed by atoms with Crippen molar-refractivity contribution in [3.05, 3.63) is 18.0 Å². The van der Waals surface area contributed by atoms with Crippen LogP contribution in [0.4, 0.5) is 0 Å². The van der Waals surface area contributed by atoms with E-state index in [1.54, 1.807) is 13.2 Å². The van der Waals surface area contributed by atoms with E-state index in [1.165, 1.54) is 10.9 Å². The highest BCUT2D eigenvalue weighted by molar-refractivity contribution is 5.94. The maximum absolute atomic E-state index is 11.8. The van der Waals surface area contributed by atoms with E-state index in [2.05, 4.69) is 10.4 Å². The standard InChI is InChI=1S/C12H19N3O3/c1-4-12(5-2,11(17)18)8-13-10(16)9-6-14-15(3)7-9/h6-7H,4-5,8H2,1-3H3,(H,13,16)(H,17,18). The van der Waals surface area contributed by atoms with Gasteiger partial charge in [-0.05, 0) is 12.8 Å². The maximum Gasteiger partial charge on any atom is 0.311 e. The molecule has 6 heteroatoms. The second-order valence-corrected chi connectivity index (χ2v) is 4.38. The van der Waals surface area contributed by atoms with Crippen molar-refractivity contribution in [1.82, 2.24) is 15.1 Å². The molecule has 0 saturated heterocycles. The minimum absolute atomic E-state index is 0.128. The third kappa shape index (κ3) is 2.88. The summed E-state index contributed by atoms with van der Waals surface area (Å²) in [6.07, 6.45) is 4.00. The van der Waals surface area contributed by atoms with Crippen molar-refractivity contribution < 1.29 is 14.7 Å². The molecule has 0 atom stereocenters. The number of carbonyl (C=O) groups excluding carboxylic acids is 1. The molecule has 0 radical (unpaired) electrons. The SMILES string of the molecule is CCC(CC)(CNC(=O)c1cnn(C)c1)C(=O)O. The molecule has 0 spiro atoms. The second-order valence-electron chi connectivity index (χ2n) is 4.38. The van der Waals surface area contributed by atoms with Gasteiger partial charge >= 0.3 is 5.97 Å². The summed E-state index contributed by atoms with van der Waals surface area (Å²) in [6.45, 7) is 3.75. The number of amides is 1. The Labute approximate surface area is 106 Å². The summed E-state index contributed by atoms with van der Waals surface area (Å²) in [4.78, 5) is 23.1. The molecule has 0 aliphatic rings. The van der Waals surface area contributed by atoms with E-state index in [0.717, 1.165) is 0 Å². The van der Waals surface area contributed by atoms with Gasteiger partial charge in [0.05, 0.1) is 17.2 Å². The molecule has 1 heterocycles. The van der Waals surface area contributed by atoms with Gasteiger partial charge in [0.2, 0.25) is 0 Å². The van der Waals surface area contributed by atoms with E-state index in [9.17, 15) is 14.7 Å². The average molecular weight is 253 g/mol. The van der Waals surface area contributed by atoms with Gasteiger partial charge in [0.15, 0.2) is 0 Å². The van der Waals surface area contributed by atoms with Crippen LogP contribution in [-0.2, 0) is 11.8 Å². The lowest BCUT2D eigenvalue weighted by molar-refractivity contribution is -0.149. The van der Waals surface area contributed by atoms with Gasteiger partial charge < -0.3 is 10.4 Å². The number of hydrogen-bond acceptors (Lipinski definition) is 3. The fourth-order valence-corrected chi connectivity index (χ4v) is 1.77. The fraction of sp³-hybridized carbons (Fsp3) is 0.583. The Morgan fingerprint density at radius 3 is 2.44 bits per heavy atom. The van der Waals surface area contributed by atoms with Crippen LogP contribution >= 0.6 is 0 Å². The summed E-state index contributed by atoms with van der Waals surface area (Å²) in [5.41, 5.74) is -0.457. The number of nitrogens with zero attached hydrogens (tertiary/aromatic N) is 2. The first kappa shape index (κ1) is 14.2. The first-order chi connectivity index (χ1) is 8.45. The number of nitrogens with one attached hydrogen (secondary N) is 1. The lowest BCUT2D eigenvalue weighted by atomic mass is 9.82. The molecule has 1 amide bonds. The molecule has 0 unspecified atom stereocenters. The lowest BCUT2D eigenvalue weighted by Gasteiger charge is -2.26. The van der Waals surface area contributed by atoms with E-state index in [1.807, 2.05) is 13.8 Å². The zero-order valence-electron chi connectivity index (χ0n) is 10.9. The van der Waals surface area contributed by atoms with Gasteiger partial charge in [-0.25, -0.2) is 0 Å². The van der Waals surface area contributed by atoms with Crippen molar-refractivity contribution in [3.63, 3.8) is 0 Å². The highest BCUT2D eigenvalue weighted by atomic mass is 16.4. The van der Waals surface area contributed by atoms with Crippen molar-refractivity contribution in [2.75, 3.05) is 6.54 Å². The molecule has 0 aliphatic heterocycles. The Morgan fingerprint density at radius 2 is 2.06 bits per heavy atom. The van der Waals surface area contributed by atoms with Gasteiger partial charge in [0.25, 0.3) is 5.91 Å². The molecule has 6 nitrogen and oxygen atoms in total. The summed E-state index contributed by atoms with van der Waals surface area (Å²) >= 11 is 0. The van der Waals surface area contributed by atoms with Crippen LogP contribution in [0, 0.1) is 5.41 Å². The van der Waals surface area contributed by atoms with Gasteiger partial charge in [-0.15, -0.1) is 0 Å². The number of aryl methyl sites for hydroxylation is 1. The Kier molecular flexibility index (Phi) is 4.47. The number of aliphatic carboxylic acids is 1. The third-order valence-corrected chi connectivity index (χ3v) is 3.36. The zero-order chi connectivity index (χ0) is 13.8. The largest absolute Gasteiger partial charge is 0.481 e. The zero-order valence-corrected chi connectivity index (χ0v) is 10.9. The van der Waals surface area contributed by atoms with Crippen molar-refractivity contribution >= 4 is 11.9 Å². The molecule has 18 heavy (non-hydrogen) atoms. The quantitative estimate of drug-likeness (QED) is 0.793. The number of carboxylic acid groups (broad SMARTS) is 1. The molecular formula is C12H19N3O3. The number of rotatable bonds is 6. The molecular weight excluding hydrogens is 234 g/mol. The maximum atomic E-state index is 11.8. The molecule has 1 aromatic heterocycles. The predicted molar refractivity (Wildman–Crippen MR) is 66.2 cm³/mol. The van der Waals surface area contributed by atoms with Crippen molar-refractivity contribution in [1.29, 1.82) is 0 Å². The van der Waals surface area contributed by atoms with Crippen LogP contribution in [0.5, 0.6) is 0 Å². The van der Waals surface area contributed by atoms with Crippen LogP contribution in [0.1, 0.15) is 37.0 Å². The number of hydrogen-bond donors (Lipinski definition) is 2. The van der Waals surface area contributed by atoms with E-state index < -0.39 is 11.4 Å². The molecule has 1 rings (SSSR count). The van der Waals surface area contributed by atoms with Crippen molar-refractivity contribution in [2.45, 2.75) is 26.7 Å². The van der Waals surface area contributed by atoms with Crippen LogP contribution < -0.4 is 5.32 Å². The van der Waals surface area contributed by atoms with Crippen LogP contribution in [0.3, 0.4) is 0 Å². The molecule has 0 saturated carbocycles. The number of aromatic nitrogens is 2. The molecule has 0 fully saturated rings. The summed E-state index contributed by atoms with van der Waals surface area (Å²) in [7, 11) is 1.72. The normalized spacial score (nSPS) is 11.3. The van der Waals surface area contributed by atoms with E-state index in [0.29, 0.717) is 18.4 Å². The summed E-state index contributed by atoms with van der Waals surface area (Å²) in [5, 5.41) is 15.8. The third-order valence-electron chi connectivity index (χ3n) is 3.36. The van der Waals surface area contributed by atoms with E-state index in [4.69, 9.17) is 0 Å². The minimum atomic E-state index is -0.891. The van der Waals surface area contributed by atoms with Crippen molar-refractivity contribution in [3.8, 4) is 0 Å². The van der Waals surface area contributed by atoms with Crippen molar-refractivity contribution in [2.24, 2.45) is 12.5 Å². The minimum Gasteiger partial charge on any atom is -0.481 e. The smallest absolute Gasteiger partial charge is 0.311 e. The van der Waals surface area contributed by atoms with E-state index in [-0.39, 0.29) is 12.5 Å². The van der Waals surface area contributed by atoms with Gasteiger partial charge in [0, 0.05) is 19.8 Å². The Balaban J connectivity index is 2.69. The van der Waals surface area contributed by atoms with E-state index >= 15 is 0 Å². The molecule has 2 N–H and O–H groups in total. The van der Waals surface area contributed by atoms with Crippen LogP contribution in [-0.4, -0.2) is 33.3 Å². The van der Waals surface area contributed by atoms with Gasteiger partial charge in [-0.2, -0.15) is 5.10 Å². The predicted octanol–water partition coefficient (Wildman–Crippen LogP) is 1.04. The lowest BCUT2D eigenvalue weighted by Crippen LogP contribution is -2.42. The summed E-state index contributed by atoms with van der Waals surface area (Å²) in [5.74, 6) is -1.17. The highest BCUT2D eigenvalue weighted by Crippen LogP contribution is 2.25. The molecule has 0 bridgehead atoms. The van der Waals surface area contributed by atoms with Gasteiger partial charge in [-0.3, -0.25) is 14.3 Å². The molecule has 1 aromatic rings. The summed E-state index contributed by atoms with van der Waals surface area (Å²) in [6, 6.07) is 0. The molecule has 100 valence electrons. The molecule has 0 aromatic carbocycles. The van der Waals surface area contributed by atoms with Crippen LogP contribution in [0.2, 0.25) is 0 Å². The monoisotopic (exact) mass is 253 g/mol.